The maximum absolute atomic E-state index is 12.1. The van der Waals surface area contributed by atoms with E-state index in [9.17, 15) is 4.79 Å². The molecule has 0 aliphatic carbocycles. The molecule has 1 N–H and O–H groups in total. The minimum atomic E-state index is 0.182. The number of nitrogens with one attached hydrogen (secondary N) is 1. The molecule has 0 aromatic heterocycles. The predicted octanol–water partition coefficient (Wildman–Crippen LogP) is -0.266. The van der Waals surface area contributed by atoms with Gasteiger partial charge in [0.05, 0.1) is 13.2 Å². The summed E-state index contributed by atoms with van der Waals surface area (Å²) in [4.78, 5) is 15.9. The van der Waals surface area contributed by atoms with Crippen molar-refractivity contribution in [1.29, 1.82) is 0 Å². The number of rotatable bonds is 0. The molecule has 5 nitrogen and oxygen atoms in total. The third-order valence-electron chi connectivity index (χ3n) is 2.89. The number of hydrogen-bond acceptors (Lipinski definition) is 3. The number of amides is 2. The Morgan fingerprint density at radius 3 is 2.53 bits per heavy atom. The molecule has 5 heteroatoms. The summed E-state index contributed by atoms with van der Waals surface area (Å²) in [7, 11) is 0. The van der Waals surface area contributed by atoms with Crippen LogP contribution in [-0.2, 0) is 4.74 Å². The van der Waals surface area contributed by atoms with Crippen LogP contribution in [0.5, 0.6) is 0 Å². The summed E-state index contributed by atoms with van der Waals surface area (Å²) >= 11 is 0. The highest BCUT2D eigenvalue weighted by Gasteiger charge is 2.22. The summed E-state index contributed by atoms with van der Waals surface area (Å²) in [6.45, 7) is 6.48. The Labute approximate surface area is 90.4 Å². The summed E-state index contributed by atoms with van der Waals surface area (Å²) in [5, 5.41) is 3.30. The highest BCUT2D eigenvalue weighted by atomic mass is 16.5. The summed E-state index contributed by atoms with van der Waals surface area (Å²) in [5.41, 5.74) is 0. The topological polar surface area (TPSA) is 44.8 Å². The zero-order valence-electron chi connectivity index (χ0n) is 9.07. The Kier molecular flexibility index (Phi) is 3.80. The molecular formula is C10H19N3O2. The molecule has 2 fully saturated rings. The first kappa shape index (κ1) is 10.7. The highest BCUT2D eigenvalue weighted by molar-refractivity contribution is 5.74. The first-order valence-electron chi connectivity index (χ1n) is 5.70. The van der Waals surface area contributed by atoms with Gasteiger partial charge in [0, 0.05) is 32.7 Å². The highest BCUT2D eigenvalue weighted by Crippen LogP contribution is 2.05. The average molecular weight is 213 g/mol. The van der Waals surface area contributed by atoms with Crippen LogP contribution in [0.4, 0.5) is 4.79 Å². The van der Waals surface area contributed by atoms with Gasteiger partial charge in [0.2, 0.25) is 0 Å². The molecule has 0 saturated carbocycles. The first-order chi connectivity index (χ1) is 7.38. The molecule has 2 aliphatic heterocycles. The van der Waals surface area contributed by atoms with Crippen LogP contribution in [0.1, 0.15) is 6.42 Å². The van der Waals surface area contributed by atoms with Crippen molar-refractivity contribution in [3.05, 3.63) is 0 Å². The molecule has 0 radical (unpaired) electrons. The number of urea groups is 1. The van der Waals surface area contributed by atoms with E-state index in [0.717, 1.165) is 45.7 Å². The summed E-state index contributed by atoms with van der Waals surface area (Å²) < 4.78 is 5.24. The van der Waals surface area contributed by atoms with E-state index < -0.39 is 0 Å². The maximum atomic E-state index is 12.1. The number of hydrogen-bond donors (Lipinski definition) is 1. The molecule has 2 heterocycles. The van der Waals surface area contributed by atoms with E-state index in [1.807, 2.05) is 9.80 Å². The minimum absolute atomic E-state index is 0.182. The zero-order valence-corrected chi connectivity index (χ0v) is 9.07. The first-order valence-corrected chi connectivity index (χ1v) is 5.70. The molecule has 0 aromatic rings. The minimum Gasteiger partial charge on any atom is -0.378 e. The van der Waals surface area contributed by atoms with Gasteiger partial charge in [-0.05, 0) is 13.0 Å². The molecule has 2 rings (SSSR count). The van der Waals surface area contributed by atoms with Crippen LogP contribution in [0.3, 0.4) is 0 Å². The monoisotopic (exact) mass is 213 g/mol. The van der Waals surface area contributed by atoms with E-state index in [2.05, 4.69) is 5.32 Å². The van der Waals surface area contributed by atoms with Crippen molar-refractivity contribution in [3.8, 4) is 0 Å². The summed E-state index contributed by atoms with van der Waals surface area (Å²) in [5.74, 6) is 0. The Hall–Kier alpha value is -0.810. The lowest BCUT2D eigenvalue weighted by molar-refractivity contribution is 0.0438. The fraction of sp³-hybridized carbons (Fsp3) is 0.900. The van der Waals surface area contributed by atoms with Crippen molar-refractivity contribution in [2.45, 2.75) is 6.42 Å². The van der Waals surface area contributed by atoms with Gasteiger partial charge in [-0.2, -0.15) is 0 Å². The summed E-state index contributed by atoms with van der Waals surface area (Å²) in [6.07, 6.45) is 1.05. The average Bonchev–Trinajstić information content (AvgIpc) is 2.58. The van der Waals surface area contributed by atoms with E-state index in [0.29, 0.717) is 13.2 Å². The van der Waals surface area contributed by atoms with Gasteiger partial charge in [-0.3, -0.25) is 0 Å². The number of morpholine rings is 1. The zero-order chi connectivity index (χ0) is 10.5. The Morgan fingerprint density at radius 2 is 1.73 bits per heavy atom. The van der Waals surface area contributed by atoms with Crippen molar-refractivity contribution < 1.29 is 9.53 Å². The molecule has 2 amide bonds. The van der Waals surface area contributed by atoms with Crippen LogP contribution in [0.25, 0.3) is 0 Å². The van der Waals surface area contributed by atoms with Crippen LogP contribution < -0.4 is 5.32 Å². The fourth-order valence-corrected chi connectivity index (χ4v) is 1.99. The lowest BCUT2D eigenvalue weighted by atomic mass is 10.4. The molecule has 0 unspecified atom stereocenters. The smallest absolute Gasteiger partial charge is 0.320 e. The van der Waals surface area contributed by atoms with Crippen molar-refractivity contribution in [3.63, 3.8) is 0 Å². The molecule has 2 saturated heterocycles. The molecule has 0 spiro atoms. The Morgan fingerprint density at radius 1 is 1.00 bits per heavy atom. The van der Waals surface area contributed by atoms with Crippen LogP contribution in [0, 0.1) is 0 Å². The van der Waals surface area contributed by atoms with Crippen LogP contribution in [-0.4, -0.2) is 68.3 Å². The largest absolute Gasteiger partial charge is 0.378 e. The van der Waals surface area contributed by atoms with Gasteiger partial charge in [0.1, 0.15) is 0 Å². The normalized spacial score (nSPS) is 23.7. The lowest BCUT2D eigenvalue weighted by Gasteiger charge is -2.32. The molecular weight excluding hydrogens is 194 g/mol. The molecule has 15 heavy (non-hydrogen) atoms. The van der Waals surface area contributed by atoms with Crippen molar-refractivity contribution in [2.24, 2.45) is 0 Å². The van der Waals surface area contributed by atoms with E-state index in [1.165, 1.54) is 0 Å². The van der Waals surface area contributed by atoms with E-state index in [1.54, 1.807) is 0 Å². The van der Waals surface area contributed by atoms with Gasteiger partial charge in [-0.1, -0.05) is 0 Å². The van der Waals surface area contributed by atoms with Gasteiger partial charge in [0.15, 0.2) is 0 Å². The number of carbonyl (C=O) groups excluding carboxylic acids is 1. The van der Waals surface area contributed by atoms with Crippen molar-refractivity contribution in [2.75, 3.05) is 52.5 Å². The quantitative estimate of drug-likeness (QED) is 0.602. The lowest BCUT2D eigenvalue weighted by Crippen LogP contribution is -2.49. The summed E-state index contributed by atoms with van der Waals surface area (Å²) in [6, 6.07) is 0.182. The molecule has 86 valence electrons. The second kappa shape index (κ2) is 5.32. The standard InChI is InChI=1S/C10H19N3O2/c14-10(13-6-8-15-9-7-13)12-4-1-2-11-3-5-12/h11H,1-9H2. The third-order valence-corrected chi connectivity index (χ3v) is 2.89. The molecule has 2 aliphatic rings. The van der Waals surface area contributed by atoms with Gasteiger partial charge in [0.25, 0.3) is 0 Å². The predicted molar refractivity (Wildman–Crippen MR) is 56.8 cm³/mol. The van der Waals surface area contributed by atoms with Crippen LogP contribution in [0.15, 0.2) is 0 Å². The van der Waals surface area contributed by atoms with E-state index in [4.69, 9.17) is 4.74 Å². The van der Waals surface area contributed by atoms with E-state index >= 15 is 0 Å². The Balaban J connectivity index is 1.87. The van der Waals surface area contributed by atoms with Crippen molar-refractivity contribution >= 4 is 6.03 Å². The maximum Gasteiger partial charge on any atom is 0.320 e. The van der Waals surface area contributed by atoms with Crippen LogP contribution in [0.2, 0.25) is 0 Å². The fourth-order valence-electron chi connectivity index (χ4n) is 1.99. The molecule has 0 aromatic carbocycles. The molecule has 0 atom stereocenters. The number of ether oxygens (including phenoxy) is 1. The molecule has 0 bridgehead atoms. The van der Waals surface area contributed by atoms with E-state index in [-0.39, 0.29) is 6.03 Å². The second-order valence-electron chi connectivity index (χ2n) is 3.97. The Bertz CT molecular complexity index is 209. The third kappa shape index (κ3) is 2.82. The van der Waals surface area contributed by atoms with Gasteiger partial charge < -0.3 is 19.9 Å². The van der Waals surface area contributed by atoms with Crippen molar-refractivity contribution in [1.82, 2.24) is 15.1 Å². The SMILES string of the molecule is O=C(N1CCCNCC1)N1CCOCC1. The number of nitrogens with zero attached hydrogens (tertiary/aromatic N) is 2. The van der Waals surface area contributed by atoms with Gasteiger partial charge in [-0.25, -0.2) is 4.79 Å². The van der Waals surface area contributed by atoms with Gasteiger partial charge in [-0.15, -0.1) is 0 Å². The van der Waals surface area contributed by atoms with Gasteiger partial charge >= 0.3 is 6.03 Å². The van der Waals surface area contributed by atoms with Crippen LogP contribution >= 0.6 is 0 Å². The second-order valence-corrected chi connectivity index (χ2v) is 3.97. The number of carbonyl (C=O) groups is 1.